The van der Waals surface area contributed by atoms with Crippen molar-refractivity contribution in [2.45, 2.75) is 0 Å². The van der Waals surface area contributed by atoms with E-state index in [2.05, 4.69) is 26.6 Å². The third-order valence-electron chi connectivity index (χ3n) is 2.20. The first-order chi connectivity index (χ1) is 9.45. The molecule has 0 saturated carbocycles. The van der Waals surface area contributed by atoms with Gasteiger partial charge < -0.3 is 9.73 Å². The maximum Gasteiger partial charge on any atom is 0.293 e. The largest absolute Gasteiger partial charge is 0.444 e. The van der Waals surface area contributed by atoms with Crippen molar-refractivity contribution in [1.82, 2.24) is 5.32 Å². The highest BCUT2D eigenvalue weighted by Gasteiger charge is 2.12. The first kappa shape index (κ1) is 15.3. The van der Waals surface area contributed by atoms with Crippen LogP contribution in [0.3, 0.4) is 0 Å². The third-order valence-corrected chi connectivity index (χ3v) is 3.38. The molecule has 0 aliphatic heterocycles. The smallest absolute Gasteiger partial charge is 0.293 e. The average Bonchev–Trinajstić information content (AvgIpc) is 2.79. The topological polar surface area (TPSA) is 54.3 Å². The van der Waals surface area contributed by atoms with Gasteiger partial charge in [-0.05, 0) is 58.5 Å². The van der Waals surface area contributed by atoms with Gasteiger partial charge in [-0.1, -0.05) is 23.2 Å². The predicted octanol–water partition coefficient (Wildman–Crippen LogP) is 4.48. The molecule has 0 aliphatic rings. The molecule has 2 N–H and O–H groups in total. The lowest BCUT2D eigenvalue weighted by Crippen LogP contribution is -2.33. The van der Waals surface area contributed by atoms with Gasteiger partial charge in [0.1, 0.15) is 0 Å². The average molecular weight is 394 g/mol. The number of thiocarbonyl (C=S) groups is 1. The second kappa shape index (κ2) is 6.58. The zero-order chi connectivity index (χ0) is 14.7. The lowest BCUT2D eigenvalue weighted by molar-refractivity contribution is 0.0949. The Morgan fingerprint density at radius 2 is 2.00 bits per heavy atom. The van der Waals surface area contributed by atoms with Gasteiger partial charge in [-0.25, -0.2) is 0 Å². The molecule has 0 spiro atoms. The molecular weight excluding hydrogens is 387 g/mol. The predicted molar refractivity (Wildman–Crippen MR) is 86.6 cm³/mol. The fraction of sp³-hybridized carbons (Fsp3) is 0. The molecule has 8 heteroatoms. The zero-order valence-corrected chi connectivity index (χ0v) is 13.7. The Bertz CT molecular complexity index is 675. The second-order valence-electron chi connectivity index (χ2n) is 3.64. The number of carbonyl (C=O) groups is 1. The van der Waals surface area contributed by atoms with Crippen LogP contribution in [0.4, 0.5) is 5.69 Å². The number of hydrogen-bond donors (Lipinski definition) is 2. The van der Waals surface area contributed by atoms with E-state index in [1.54, 1.807) is 24.3 Å². The quantitative estimate of drug-likeness (QED) is 0.738. The van der Waals surface area contributed by atoms with Gasteiger partial charge in [0.05, 0.1) is 10.7 Å². The van der Waals surface area contributed by atoms with Gasteiger partial charge in [0, 0.05) is 5.02 Å². The fourth-order valence-corrected chi connectivity index (χ4v) is 2.31. The molecule has 0 unspecified atom stereocenters. The second-order valence-corrected chi connectivity index (χ2v) is 5.67. The van der Waals surface area contributed by atoms with Crippen LogP contribution in [0.1, 0.15) is 10.6 Å². The molecule has 1 amide bonds. The number of benzene rings is 1. The van der Waals surface area contributed by atoms with Crippen LogP contribution in [0, 0.1) is 0 Å². The number of halogens is 3. The van der Waals surface area contributed by atoms with E-state index in [-0.39, 0.29) is 10.9 Å². The van der Waals surface area contributed by atoms with Crippen LogP contribution >= 0.6 is 51.3 Å². The number of amides is 1. The highest BCUT2D eigenvalue weighted by molar-refractivity contribution is 9.10. The maximum absolute atomic E-state index is 11.8. The molecule has 104 valence electrons. The number of furan rings is 1. The summed E-state index contributed by atoms with van der Waals surface area (Å²) < 4.78 is 5.57. The molecule has 0 fully saturated rings. The Kier molecular flexibility index (Phi) is 5.04. The lowest BCUT2D eigenvalue weighted by Gasteiger charge is -2.10. The molecule has 0 atom stereocenters. The molecule has 2 rings (SSSR count). The molecule has 0 aliphatic carbocycles. The van der Waals surface area contributed by atoms with E-state index in [4.69, 9.17) is 39.8 Å². The number of rotatable bonds is 2. The first-order valence-corrected chi connectivity index (χ1v) is 7.24. The van der Waals surface area contributed by atoms with E-state index in [0.717, 1.165) is 0 Å². The molecule has 4 nitrogen and oxygen atoms in total. The molecule has 1 aromatic heterocycles. The Hall–Kier alpha value is -1.08. The Morgan fingerprint density at radius 1 is 1.25 bits per heavy atom. The molecule has 0 saturated heterocycles. The van der Waals surface area contributed by atoms with Crippen LogP contribution in [0.2, 0.25) is 10.0 Å². The van der Waals surface area contributed by atoms with E-state index < -0.39 is 5.91 Å². The van der Waals surface area contributed by atoms with E-state index in [9.17, 15) is 4.79 Å². The number of carbonyl (C=O) groups excluding carboxylic acids is 1. The summed E-state index contributed by atoms with van der Waals surface area (Å²) in [6.07, 6.45) is 0. The molecule has 2 aromatic rings. The van der Waals surface area contributed by atoms with Crippen LogP contribution in [0.15, 0.2) is 39.4 Å². The summed E-state index contributed by atoms with van der Waals surface area (Å²) in [7, 11) is 0. The molecular formula is C12H7BrCl2N2O2S. The van der Waals surface area contributed by atoms with Crippen molar-refractivity contribution in [3.05, 3.63) is 50.8 Å². The summed E-state index contributed by atoms with van der Waals surface area (Å²) in [5.74, 6) is -0.318. The normalized spacial score (nSPS) is 10.2. The highest BCUT2D eigenvalue weighted by Crippen LogP contribution is 2.25. The molecule has 20 heavy (non-hydrogen) atoms. The Morgan fingerprint density at radius 3 is 2.60 bits per heavy atom. The number of nitrogens with one attached hydrogen (secondary N) is 2. The molecule has 1 aromatic carbocycles. The van der Waals surface area contributed by atoms with Gasteiger partial charge in [0.2, 0.25) is 0 Å². The summed E-state index contributed by atoms with van der Waals surface area (Å²) in [6, 6.07) is 8.02. The van der Waals surface area contributed by atoms with E-state index in [1.807, 2.05) is 0 Å². The van der Waals surface area contributed by atoms with E-state index >= 15 is 0 Å². The summed E-state index contributed by atoms with van der Waals surface area (Å²) in [4.78, 5) is 11.8. The van der Waals surface area contributed by atoms with Crippen LogP contribution in [0.25, 0.3) is 0 Å². The summed E-state index contributed by atoms with van der Waals surface area (Å²) >= 11 is 19.9. The minimum Gasteiger partial charge on any atom is -0.444 e. The molecule has 1 heterocycles. The van der Waals surface area contributed by atoms with Gasteiger partial charge in [0.25, 0.3) is 5.91 Å². The highest BCUT2D eigenvalue weighted by atomic mass is 79.9. The van der Waals surface area contributed by atoms with Crippen molar-refractivity contribution in [3.63, 3.8) is 0 Å². The molecule has 0 bridgehead atoms. The summed E-state index contributed by atoms with van der Waals surface area (Å²) in [5.41, 5.74) is 0.544. The lowest BCUT2D eigenvalue weighted by atomic mass is 10.3. The van der Waals surface area contributed by atoms with Gasteiger partial charge in [-0.2, -0.15) is 0 Å². The van der Waals surface area contributed by atoms with Crippen molar-refractivity contribution < 1.29 is 9.21 Å². The minimum atomic E-state index is -0.460. The standard InChI is InChI=1S/C12H7BrCl2N2O2S/c13-10-4-3-9(19-10)11(18)17-12(20)16-8-2-1-6(14)5-7(8)15/h1-5H,(H2,16,17,18,20). The zero-order valence-electron chi connectivity index (χ0n) is 9.75. The first-order valence-electron chi connectivity index (χ1n) is 5.28. The van der Waals surface area contributed by atoms with Crippen molar-refractivity contribution in [2.24, 2.45) is 0 Å². The monoisotopic (exact) mass is 392 g/mol. The maximum atomic E-state index is 11.8. The van der Waals surface area contributed by atoms with Crippen LogP contribution < -0.4 is 10.6 Å². The van der Waals surface area contributed by atoms with Crippen LogP contribution in [-0.2, 0) is 0 Å². The van der Waals surface area contributed by atoms with Crippen molar-refractivity contribution in [1.29, 1.82) is 0 Å². The van der Waals surface area contributed by atoms with E-state index in [0.29, 0.717) is 20.4 Å². The Balaban J connectivity index is 2.00. The van der Waals surface area contributed by atoms with Crippen LogP contribution in [0.5, 0.6) is 0 Å². The number of anilines is 1. The summed E-state index contributed by atoms with van der Waals surface area (Å²) in [6.45, 7) is 0. The molecule has 0 radical (unpaired) electrons. The van der Waals surface area contributed by atoms with Crippen molar-refractivity contribution in [2.75, 3.05) is 5.32 Å². The van der Waals surface area contributed by atoms with Gasteiger partial charge in [0.15, 0.2) is 15.5 Å². The Labute approximate surface area is 138 Å². The minimum absolute atomic E-state index is 0.103. The number of hydrogen-bond acceptors (Lipinski definition) is 3. The fourth-order valence-electron chi connectivity index (χ4n) is 1.35. The van der Waals surface area contributed by atoms with Gasteiger partial charge in [-0.3, -0.25) is 10.1 Å². The van der Waals surface area contributed by atoms with Crippen molar-refractivity contribution >= 4 is 68.1 Å². The van der Waals surface area contributed by atoms with Gasteiger partial charge >= 0.3 is 0 Å². The van der Waals surface area contributed by atoms with Crippen molar-refractivity contribution in [3.8, 4) is 0 Å². The van der Waals surface area contributed by atoms with Gasteiger partial charge in [-0.15, -0.1) is 0 Å². The van der Waals surface area contributed by atoms with E-state index in [1.165, 1.54) is 6.07 Å². The SMILES string of the molecule is O=C(NC(=S)Nc1ccc(Cl)cc1Cl)c1ccc(Br)o1. The van der Waals surface area contributed by atoms with Crippen LogP contribution in [-0.4, -0.2) is 11.0 Å². The summed E-state index contributed by atoms with van der Waals surface area (Å²) in [5, 5.41) is 6.29. The third kappa shape index (κ3) is 3.96.